The van der Waals surface area contributed by atoms with Gasteiger partial charge in [0, 0.05) is 23.2 Å². The third-order valence-electron chi connectivity index (χ3n) is 4.32. The Labute approximate surface area is 153 Å². The highest BCUT2D eigenvalue weighted by Crippen LogP contribution is 2.19. The van der Waals surface area contributed by atoms with E-state index in [1.165, 1.54) is 6.42 Å². The van der Waals surface area contributed by atoms with E-state index < -0.39 is 0 Å². The number of halogens is 1. The van der Waals surface area contributed by atoms with Gasteiger partial charge in [-0.2, -0.15) is 0 Å². The van der Waals surface area contributed by atoms with Crippen LogP contribution in [0.4, 0.5) is 0 Å². The summed E-state index contributed by atoms with van der Waals surface area (Å²) < 4.78 is 5.81. The SMILES string of the molecule is O=C(Cc1cccc(OCc2ccccc2Cl)c1)NCC1CCCN1. The minimum absolute atomic E-state index is 0.0388. The molecule has 0 spiro atoms. The number of benzene rings is 2. The first-order valence-electron chi connectivity index (χ1n) is 8.66. The summed E-state index contributed by atoms with van der Waals surface area (Å²) in [6.45, 7) is 2.15. The van der Waals surface area contributed by atoms with E-state index in [-0.39, 0.29) is 5.91 Å². The molecule has 2 aromatic rings. The Morgan fingerprint density at radius 3 is 2.92 bits per heavy atom. The van der Waals surface area contributed by atoms with Gasteiger partial charge in [-0.25, -0.2) is 0 Å². The second-order valence-corrected chi connectivity index (χ2v) is 6.71. The number of amides is 1. The van der Waals surface area contributed by atoms with Crippen LogP contribution in [0.2, 0.25) is 5.02 Å². The van der Waals surface area contributed by atoms with E-state index in [1.807, 2.05) is 48.5 Å². The molecule has 1 aliphatic rings. The van der Waals surface area contributed by atoms with Crippen LogP contribution >= 0.6 is 11.6 Å². The van der Waals surface area contributed by atoms with Crippen molar-refractivity contribution in [2.45, 2.75) is 31.9 Å². The topological polar surface area (TPSA) is 50.4 Å². The largest absolute Gasteiger partial charge is 0.489 e. The lowest BCUT2D eigenvalue weighted by Gasteiger charge is -2.12. The minimum atomic E-state index is 0.0388. The van der Waals surface area contributed by atoms with Gasteiger partial charge in [-0.05, 0) is 43.1 Å². The molecule has 1 saturated heterocycles. The van der Waals surface area contributed by atoms with Gasteiger partial charge in [0.1, 0.15) is 12.4 Å². The molecular weight excluding hydrogens is 336 g/mol. The Morgan fingerprint density at radius 1 is 1.24 bits per heavy atom. The van der Waals surface area contributed by atoms with Crippen LogP contribution in [-0.2, 0) is 17.8 Å². The molecule has 2 aromatic carbocycles. The molecule has 0 saturated carbocycles. The van der Waals surface area contributed by atoms with E-state index in [2.05, 4.69) is 10.6 Å². The van der Waals surface area contributed by atoms with Crippen molar-refractivity contribution in [2.24, 2.45) is 0 Å². The monoisotopic (exact) mass is 358 g/mol. The summed E-state index contributed by atoms with van der Waals surface area (Å²) in [5.41, 5.74) is 1.88. The Balaban J connectivity index is 1.50. The van der Waals surface area contributed by atoms with Crippen LogP contribution < -0.4 is 15.4 Å². The van der Waals surface area contributed by atoms with E-state index in [9.17, 15) is 4.79 Å². The van der Waals surface area contributed by atoms with Gasteiger partial charge in [0.15, 0.2) is 0 Å². The van der Waals surface area contributed by atoms with Gasteiger partial charge in [-0.15, -0.1) is 0 Å². The molecule has 0 radical (unpaired) electrons. The van der Waals surface area contributed by atoms with Crippen molar-refractivity contribution in [1.29, 1.82) is 0 Å². The molecule has 1 heterocycles. The van der Waals surface area contributed by atoms with E-state index >= 15 is 0 Å². The van der Waals surface area contributed by atoms with Crippen molar-refractivity contribution < 1.29 is 9.53 Å². The molecule has 1 aliphatic heterocycles. The van der Waals surface area contributed by atoms with Crippen LogP contribution in [-0.4, -0.2) is 25.0 Å². The molecule has 0 bridgehead atoms. The predicted octanol–water partition coefficient (Wildman–Crippen LogP) is 3.33. The Morgan fingerprint density at radius 2 is 2.12 bits per heavy atom. The number of hydrogen-bond donors (Lipinski definition) is 2. The molecule has 1 amide bonds. The number of carbonyl (C=O) groups excluding carboxylic acids is 1. The van der Waals surface area contributed by atoms with Crippen molar-refractivity contribution in [2.75, 3.05) is 13.1 Å². The van der Waals surface area contributed by atoms with Gasteiger partial charge >= 0.3 is 0 Å². The lowest BCUT2D eigenvalue weighted by molar-refractivity contribution is -0.120. The lowest BCUT2D eigenvalue weighted by atomic mass is 10.1. The van der Waals surface area contributed by atoms with Crippen molar-refractivity contribution in [3.05, 3.63) is 64.7 Å². The maximum absolute atomic E-state index is 12.1. The second-order valence-electron chi connectivity index (χ2n) is 6.30. The fraction of sp³-hybridized carbons (Fsp3) is 0.350. The summed E-state index contributed by atoms with van der Waals surface area (Å²) in [4.78, 5) is 12.1. The van der Waals surface area contributed by atoms with Crippen LogP contribution in [0.1, 0.15) is 24.0 Å². The van der Waals surface area contributed by atoms with E-state index in [1.54, 1.807) is 0 Å². The fourth-order valence-corrected chi connectivity index (χ4v) is 3.13. The summed E-state index contributed by atoms with van der Waals surface area (Å²) in [5.74, 6) is 0.777. The quantitative estimate of drug-likeness (QED) is 0.798. The zero-order valence-corrected chi connectivity index (χ0v) is 14.9. The lowest BCUT2D eigenvalue weighted by Crippen LogP contribution is -2.37. The van der Waals surface area contributed by atoms with Crippen molar-refractivity contribution in [3.8, 4) is 5.75 Å². The number of nitrogens with one attached hydrogen (secondary N) is 2. The van der Waals surface area contributed by atoms with E-state index in [0.717, 1.165) is 29.8 Å². The number of carbonyl (C=O) groups is 1. The minimum Gasteiger partial charge on any atom is -0.489 e. The first-order chi connectivity index (χ1) is 12.2. The summed E-state index contributed by atoms with van der Waals surface area (Å²) in [6.07, 6.45) is 2.67. The summed E-state index contributed by atoms with van der Waals surface area (Å²) >= 11 is 6.14. The summed E-state index contributed by atoms with van der Waals surface area (Å²) in [7, 11) is 0. The zero-order chi connectivity index (χ0) is 17.5. The normalized spacial score (nSPS) is 16.6. The average molecular weight is 359 g/mol. The number of ether oxygens (including phenoxy) is 1. The van der Waals surface area contributed by atoms with Gasteiger partial charge in [0.2, 0.25) is 5.91 Å². The smallest absolute Gasteiger partial charge is 0.224 e. The van der Waals surface area contributed by atoms with Crippen LogP contribution in [0, 0.1) is 0 Å². The number of rotatable bonds is 7. The molecule has 4 nitrogen and oxygen atoms in total. The highest BCUT2D eigenvalue weighted by atomic mass is 35.5. The van der Waals surface area contributed by atoms with Crippen LogP contribution in [0.5, 0.6) is 5.75 Å². The van der Waals surface area contributed by atoms with Gasteiger partial charge in [0.25, 0.3) is 0 Å². The molecule has 1 unspecified atom stereocenters. The Bertz CT molecular complexity index is 714. The Kier molecular flexibility index (Phi) is 6.31. The van der Waals surface area contributed by atoms with E-state index in [4.69, 9.17) is 16.3 Å². The van der Waals surface area contributed by atoms with Crippen molar-refractivity contribution >= 4 is 17.5 Å². The summed E-state index contributed by atoms with van der Waals surface area (Å²) in [5, 5.41) is 7.07. The van der Waals surface area contributed by atoms with Gasteiger partial charge in [0.05, 0.1) is 6.42 Å². The molecule has 0 aromatic heterocycles. The summed E-state index contributed by atoms with van der Waals surface area (Å²) in [6, 6.07) is 15.7. The zero-order valence-electron chi connectivity index (χ0n) is 14.1. The van der Waals surface area contributed by atoms with Gasteiger partial charge < -0.3 is 15.4 Å². The van der Waals surface area contributed by atoms with Gasteiger partial charge in [-0.3, -0.25) is 4.79 Å². The maximum atomic E-state index is 12.1. The first-order valence-corrected chi connectivity index (χ1v) is 9.04. The van der Waals surface area contributed by atoms with Crippen molar-refractivity contribution in [1.82, 2.24) is 10.6 Å². The van der Waals surface area contributed by atoms with E-state index in [0.29, 0.717) is 30.6 Å². The highest BCUT2D eigenvalue weighted by molar-refractivity contribution is 6.31. The molecule has 25 heavy (non-hydrogen) atoms. The standard InChI is InChI=1S/C20H23ClN2O2/c21-19-9-2-1-6-16(19)14-25-18-8-3-5-15(11-18)12-20(24)23-13-17-7-4-10-22-17/h1-3,5-6,8-9,11,17,22H,4,7,10,12-14H2,(H,23,24). The Hall–Kier alpha value is -2.04. The average Bonchev–Trinajstić information content (AvgIpc) is 3.13. The maximum Gasteiger partial charge on any atom is 0.224 e. The molecule has 0 aliphatic carbocycles. The molecule has 3 rings (SSSR count). The highest BCUT2D eigenvalue weighted by Gasteiger charge is 2.14. The second kappa shape index (κ2) is 8.88. The molecule has 132 valence electrons. The van der Waals surface area contributed by atoms with Crippen LogP contribution in [0.3, 0.4) is 0 Å². The first kappa shape index (κ1) is 17.8. The molecular formula is C20H23ClN2O2. The molecule has 1 fully saturated rings. The third kappa shape index (κ3) is 5.48. The molecule has 5 heteroatoms. The van der Waals surface area contributed by atoms with Crippen LogP contribution in [0.15, 0.2) is 48.5 Å². The number of hydrogen-bond acceptors (Lipinski definition) is 3. The van der Waals surface area contributed by atoms with Crippen molar-refractivity contribution in [3.63, 3.8) is 0 Å². The van der Waals surface area contributed by atoms with Crippen LogP contribution in [0.25, 0.3) is 0 Å². The third-order valence-corrected chi connectivity index (χ3v) is 4.69. The molecule has 2 N–H and O–H groups in total. The predicted molar refractivity (Wildman–Crippen MR) is 100.0 cm³/mol. The van der Waals surface area contributed by atoms with Gasteiger partial charge in [-0.1, -0.05) is 41.9 Å². The molecule has 1 atom stereocenters. The fourth-order valence-electron chi connectivity index (χ4n) is 2.94.